The molecule has 1 N–H and O–H groups in total. The molecule has 6 nitrogen and oxygen atoms in total. The van der Waals surface area contributed by atoms with Crippen LogP contribution in [0.3, 0.4) is 0 Å². The molecule has 0 radical (unpaired) electrons. The van der Waals surface area contributed by atoms with Crippen molar-refractivity contribution < 1.29 is 19.5 Å². The summed E-state index contributed by atoms with van der Waals surface area (Å²) in [6, 6.07) is 14.8. The van der Waals surface area contributed by atoms with Crippen molar-refractivity contribution in [1.29, 1.82) is 0 Å². The molecular weight excluding hydrogens is 376 g/mol. The minimum Gasteiger partial charge on any atom is -0.481 e. The molecule has 144 valence electrons. The maximum Gasteiger partial charge on any atom is 0.312 e. The number of hydrogen-bond donors (Lipinski definition) is 1. The number of fused-ring (bicyclic) bond motifs is 1. The lowest BCUT2D eigenvalue weighted by Gasteiger charge is -2.22. The third-order valence-electron chi connectivity index (χ3n) is 5.39. The van der Waals surface area contributed by atoms with Gasteiger partial charge in [-0.2, -0.15) is 0 Å². The van der Waals surface area contributed by atoms with Crippen molar-refractivity contribution in [2.45, 2.75) is 17.2 Å². The highest BCUT2D eigenvalue weighted by molar-refractivity contribution is 7.98. The Morgan fingerprint density at radius 3 is 2.46 bits per heavy atom. The number of amides is 2. The molecule has 7 heteroatoms. The average molecular weight is 396 g/mol. The van der Waals surface area contributed by atoms with Gasteiger partial charge in [-0.15, -0.1) is 11.8 Å². The van der Waals surface area contributed by atoms with E-state index in [9.17, 15) is 19.5 Å². The molecule has 2 aromatic carbocycles. The molecule has 4 rings (SSSR count). The summed E-state index contributed by atoms with van der Waals surface area (Å²) in [6.07, 6.45) is 2.13. The van der Waals surface area contributed by atoms with Crippen LogP contribution >= 0.6 is 11.8 Å². The zero-order valence-corrected chi connectivity index (χ0v) is 16.2. The molecule has 0 spiro atoms. The predicted molar refractivity (Wildman–Crippen MR) is 108 cm³/mol. The molecular formula is C21H20N2O4S. The predicted octanol–water partition coefficient (Wildman–Crippen LogP) is 2.98. The second-order valence-electron chi connectivity index (χ2n) is 7.00. The van der Waals surface area contributed by atoms with Gasteiger partial charge in [0.1, 0.15) is 5.92 Å². The quantitative estimate of drug-likeness (QED) is 0.804. The molecule has 0 aromatic heterocycles. The smallest absolute Gasteiger partial charge is 0.312 e. The largest absolute Gasteiger partial charge is 0.481 e. The summed E-state index contributed by atoms with van der Waals surface area (Å²) in [5.41, 5.74) is 2.07. The molecule has 2 aliphatic heterocycles. The lowest BCUT2D eigenvalue weighted by atomic mass is 10.0. The zero-order chi connectivity index (χ0) is 19.8. The molecule has 0 aliphatic carbocycles. The van der Waals surface area contributed by atoms with Crippen molar-refractivity contribution >= 4 is 40.9 Å². The Morgan fingerprint density at radius 2 is 1.79 bits per heavy atom. The molecule has 2 aliphatic rings. The van der Waals surface area contributed by atoms with Crippen molar-refractivity contribution in [2.24, 2.45) is 5.92 Å². The van der Waals surface area contributed by atoms with Gasteiger partial charge in [0.2, 0.25) is 11.8 Å². The standard InChI is InChI=1S/C21H20N2O4S/c1-28-15-8-6-14(7-9-15)22-11-13(10-19(22)24)20(25)23-12-17(21(26)27)16-4-2-3-5-18(16)23/h2-9,13,17H,10-12H2,1H3,(H,26,27). The van der Waals surface area contributed by atoms with E-state index < -0.39 is 17.8 Å². The topological polar surface area (TPSA) is 77.9 Å². The third-order valence-corrected chi connectivity index (χ3v) is 6.13. The van der Waals surface area contributed by atoms with Crippen LogP contribution in [0.15, 0.2) is 53.4 Å². The molecule has 1 saturated heterocycles. The Morgan fingerprint density at radius 1 is 1.07 bits per heavy atom. The van der Waals surface area contributed by atoms with Crippen LogP contribution in [-0.2, 0) is 14.4 Å². The molecule has 2 aromatic rings. The Kier molecular flexibility index (Phi) is 4.85. The number of nitrogens with zero attached hydrogens (tertiary/aromatic N) is 2. The summed E-state index contributed by atoms with van der Waals surface area (Å²) in [4.78, 5) is 41.6. The van der Waals surface area contributed by atoms with E-state index in [0.29, 0.717) is 17.8 Å². The van der Waals surface area contributed by atoms with E-state index in [4.69, 9.17) is 0 Å². The summed E-state index contributed by atoms with van der Waals surface area (Å²) in [7, 11) is 0. The van der Waals surface area contributed by atoms with Crippen molar-refractivity contribution in [3.05, 3.63) is 54.1 Å². The van der Waals surface area contributed by atoms with E-state index in [1.54, 1.807) is 40.9 Å². The highest BCUT2D eigenvalue weighted by Crippen LogP contribution is 2.38. The first-order valence-electron chi connectivity index (χ1n) is 9.07. The van der Waals surface area contributed by atoms with Crippen molar-refractivity contribution in [3.8, 4) is 0 Å². The van der Waals surface area contributed by atoms with Gasteiger partial charge in [0, 0.05) is 35.8 Å². The van der Waals surface area contributed by atoms with Gasteiger partial charge in [-0.1, -0.05) is 18.2 Å². The van der Waals surface area contributed by atoms with Crippen molar-refractivity contribution in [1.82, 2.24) is 0 Å². The van der Waals surface area contributed by atoms with Crippen LogP contribution in [0, 0.1) is 5.92 Å². The minimum atomic E-state index is -0.944. The third kappa shape index (κ3) is 3.16. The van der Waals surface area contributed by atoms with E-state index in [1.807, 2.05) is 30.5 Å². The van der Waals surface area contributed by atoms with Gasteiger partial charge in [-0.25, -0.2) is 0 Å². The number of hydrogen-bond acceptors (Lipinski definition) is 4. The fourth-order valence-corrected chi connectivity index (χ4v) is 4.34. The number of anilines is 2. The van der Waals surface area contributed by atoms with E-state index in [1.165, 1.54) is 4.90 Å². The monoisotopic (exact) mass is 396 g/mol. The number of para-hydroxylation sites is 1. The first-order chi connectivity index (χ1) is 13.5. The van der Waals surface area contributed by atoms with E-state index in [2.05, 4.69) is 0 Å². The van der Waals surface area contributed by atoms with Crippen LogP contribution < -0.4 is 9.80 Å². The zero-order valence-electron chi connectivity index (χ0n) is 15.4. The van der Waals surface area contributed by atoms with Crippen LogP contribution in [0.4, 0.5) is 11.4 Å². The maximum atomic E-state index is 13.2. The van der Waals surface area contributed by atoms with Crippen LogP contribution in [-0.4, -0.2) is 42.2 Å². The van der Waals surface area contributed by atoms with Gasteiger partial charge >= 0.3 is 5.97 Å². The second-order valence-corrected chi connectivity index (χ2v) is 7.88. The first kappa shape index (κ1) is 18.6. The molecule has 0 saturated carbocycles. The Labute approximate surface area is 167 Å². The maximum absolute atomic E-state index is 13.2. The van der Waals surface area contributed by atoms with Crippen LogP contribution in [0.2, 0.25) is 0 Å². The molecule has 2 atom stereocenters. The molecule has 1 fully saturated rings. The van der Waals surface area contributed by atoms with Gasteiger partial charge in [-0.05, 0) is 42.2 Å². The van der Waals surface area contributed by atoms with Gasteiger partial charge < -0.3 is 14.9 Å². The highest BCUT2D eigenvalue weighted by Gasteiger charge is 2.42. The van der Waals surface area contributed by atoms with Crippen LogP contribution in [0.25, 0.3) is 0 Å². The number of carbonyl (C=O) groups excluding carboxylic acids is 2. The number of rotatable bonds is 4. The van der Waals surface area contributed by atoms with E-state index in [-0.39, 0.29) is 24.8 Å². The van der Waals surface area contributed by atoms with E-state index >= 15 is 0 Å². The highest BCUT2D eigenvalue weighted by atomic mass is 32.2. The summed E-state index contributed by atoms with van der Waals surface area (Å²) >= 11 is 1.63. The van der Waals surface area contributed by atoms with Crippen LogP contribution in [0.1, 0.15) is 17.9 Å². The number of carboxylic acid groups (broad SMARTS) is 1. The second kappa shape index (κ2) is 7.31. The molecule has 0 bridgehead atoms. The van der Waals surface area contributed by atoms with Gasteiger partial charge in [0.25, 0.3) is 0 Å². The summed E-state index contributed by atoms with van der Waals surface area (Å²) < 4.78 is 0. The van der Waals surface area contributed by atoms with Crippen molar-refractivity contribution in [2.75, 3.05) is 29.1 Å². The number of carbonyl (C=O) groups is 3. The number of carboxylic acids is 1. The van der Waals surface area contributed by atoms with Gasteiger partial charge in [0.15, 0.2) is 0 Å². The lowest BCUT2D eigenvalue weighted by molar-refractivity contribution is -0.138. The number of benzene rings is 2. The average Bonchev–Trinajstić information content (AvgIpc) is 3.29. The fraction of sp³-hybridized carbons (Fsp3) is 0.286. The first-order valence-corrected chi connectivity index (χ1v) is 10.3. The van der Waals surface area contributed by atoms with Crippen molar-refractivity contribution in [3.63, 3.8) is 0 Å². The lowest BCUT2D eigenvalue weighted by Crippen LogP contribution is -2.37. The van der Waals surface area contributed by atoms with Gasteiger partial charge in [-0.3, -0.25) is 14.4 Å². The summed E-state index contributed by atoms with van der Waals surface area (Å²) in [5.74, 6) is -2.42. The number of thioether (sulfide) groups is 1. The molecule has 2 amide bonds. The molecule has 2 unspecified atom stereocenters. The Hall–Kier alpha value is -2.80. The SMILES string of the molecule is CSc1ccc(N2CC(C(=O)N3CC(C(=O)O)c4ccccc43)CC2=O)cc1. The normalized spacial score (nSPS) is 21.1. The molecule has 28 heavy (non-hydrogen) atoms. The minimum absolute atomic E-state index is 0.0856. The Bertz CT molecular complexity index is 944. The fourth-order valence-electron chi connectivity index (χ4n) is 3.93. The van der Waals surface area contributed by atoms with Crippen LogP contribution in [0.5, 0.6) is 0 Å². The number of aliphatic carboxylic acids is 1. The van der Waals surface area contributed by atoms with Gasteiger partial charge in [0.05, 0.1) is 5.92 Å². The molecule has 2 heterocycles. The van der Waals surface area contributed by atoms with E-state index in [0.717, 1.165) is 10.6 Å². The summed E-state index contributed by atoms with van der Waals surface area (Å²) in [5, 5.41) is 9.50. The Balaban J connectivity index is 1.54. The summed E-state index contributed by atoms with van der Waals surface area (Å²) in [6.45, 7) is 0.424.